The van der Waals surface area contributed by atoms with Crippen LogP contribution in [0.3, 0.4) is 0 Å². The number of benzene rings is 3. The minimum absolute atomic E-state index is 0.0110. The fourth-order valence-corrected chi connectivity index (χ4v) is 10.0. The minimum atomic E-state index is -2.00. The molecule has 3 aliphatic rings. The second kappa shape index (κ2) is 18.0. The van der Waals surface area contributed by atoms with E-state index in [2.05, 4.69) is 15.5 Å². The predicted octanol–water partition coefficient (Wildman–Crippen LogP) is 5.88. The van der Waals surface area contributed by atoms with Crippen LogP contribution < -0.4 is 25.7 Å². The van der Waals surface area contributed by atoms with Crippen molar-refractivity contribution in [2.24, 2.45) is 23.7 Å². The molecule has 0 spiro atoms. The highest BCUT2D eigenvalue weighted by molar-refractivity contribution is 7.25. The number of hydrogen-bond donors (Lipinski definition) is 5. The fourth-order valence-electron chi connectivity index (χ4n) is 8.91. The molecule has 0 radical (unpaired) electrons. The SMILES string of the molecule is CO[C@H]1C=CO[C@@]2(C)Oc3c(C)c(=O)c4c(O)c(c5sc6cc(N7CCNCC7)ccc6nc5c4c3C2=O)NC(=O)/C(C)=C\C=C/[C@H](C)[C@H](O)[C@@H](C)[C@@H](O)[C@@H](C)[C@H](OC(C)=O)[C@@H]1C. The van der Waals surface area contributed by atoms with Gasteiger partial charge in [0.25, 0.3) is 11.7 Å². The number of hydrogen-bond acceptors (Lipinski definition) is 15. The molecule has 1 saturated heterocycles. The lowest BCUT2D eigenvalue weighted by Crippen LogP contribution is -2.46. The molecule has 16 heteroatoms. The van der Waals surface area contributed by atoms with Crippen LogP contribution >= 0.6 is 11.3 Å². The number of nitrogens with zero attached hydrogens (tertiary/aromatic N) is 2. The number of allylic oxidation sites excluding steroid dienone is 2. The highest BCUT2D eigenvalue weighted by Crippen LogP contribution is 2.49. The predicted molar refractivity (Wildman–Crippen MR) is 243 cm³/mol. The van der Waals surface area contributed by atoms with Gasteiger partial charge in [-0.1, -0.05) is 45.9 Å². The molecule has 4 aromatic rings. The maximum atomic E-state index is 14.8. The summed E-state index contributed by atoms with van der Waals surface area (Å²) in [7, 11) is 1.46. The average molecular weight is 885 g/mol. The zero-order valence-electron chi connectivity index (χ0n) is 37.0. The molecule has 0 aliphatic carbocycles. The summed E-state index contributed by atoms with van der Waals surface area (Å²) in [5.74, 6) is -6.78. The molecule has 0 unspecified atom stereocenters. The number of methoxy groups -OCH3 is 1. The van der Waals surface area contributed by atoms with E-state index in [1.807, 2.05) is 18.2 Å². The Bertz CT molecular complexity index is 2640. The normalized spacial score (nSPS) is 30.0. The summed E-state index contributed by atoms with van der Waals surface area (Å²) in [4.78, 5) is 62.8. The topological polar surface area (TPSA) is 206 Å². The van der Waals surface area contributed by atoms with Crippen molar-refractivity contribution in [1.82, 2.24) is 10.3 Å². The first kappa shape index (κ1) is 45.6. The zero-order chi connectivity index (χ0) is 45.7. The van der Waals surface area contributed by atoms with Crippen molar-refractivity contribution in [3.63, 3.8) is 0 Å². The summed E-state index contributed by atoms with van der Waals surface area (Å²) >= 11 is 1.25. The van der Waals surface area contributed by atoms with Gasteiger partial charge in [0.1, 0.15) is 17.5 Å². The lowest BCUT2D eigenvalue weighted by Gasteiger charge is -2.38. The Morgan fingerprint density at radius 3 is 2.40 bits per heavy atom. The molecule has 63 heavy (non-hydrogen) atoms. The molecule has 7 rings (SSSR count). The molecule has 5 N–H and O–H groups in total. The second-order valence-corrected chi connectivity index (χ2v) is 18.2. The number of nitrogens with one attached hydrogen (secondary N) is 2. The Hall–Kier alpha value is -5.39. The van der Waals surface area contributed by atoms with Gasteiger partial charge in [0.05, 0.1) is 56.0 Å². The van der Waals surface area contributed by atoms with E-state index in [1.165, 1.54) is 51.6 Å². The van der Waals surface area contributed by atoms with Crippen LogP contribution in [-0.2, 0) is 23.8 Å². The molecule has 3 aromatic carbocycles. The third-order valence-electron chi connectivity index (χ3n) is 12.8. The van der Waals surface area contributed by atoms with Crippen molar-refractivity contribution in [2.45, 2.75) is 85.6 Å². The van der Waals surface area contributed by atoms with Crippen LogP contribution in [0, 0.1) is 30.6 Å². The van der Waals surface area contributed by atoms with Crippen LogP contribution in [0.1, 0.15) is 64.4 Å². The smallest absolute Gasteiger partial charge is 0.312 e. The van der Waals surface area contributed by atoms with E-state index in [9.17, 15) is 34.5 Å². The molecule has 4 bridgehead atoms. The molecule has 336 valence electrons. The van der Waals surface area contributed by atoms with Crippen LogP contribution in [0.25, 0.3) is 31.2 Å². The maximum absolute atomic E-state index is 14.8. The largest absolute Gasteiger partial charge is 0.505 e. The molecular weight excluding hydrogens is 829 g/mol. The summed E-state index contributed by atoms with van der Waals surface area (Å²) in [6.45, 7) is 16.0. The third kappa shape index (κ3) is 8.42. The number of aromatic hydroxyl groups is 1. The molecule has 1 aromatic heterocycles. The summed E-state index contributed by atoms with van der Waals surface area (Å²) in [6.07, 6.45) is 3.85. The number of anilines is 2. The Morgan fingerprint density at radius 2 is 1.71 bits per heavy atom. The zero-order valence-corrected chi connectivity index (χ0v) is 37.8. The first-order valence-corrected chi connectivity index (χ1v) is 22.1. The summed E-state index contributed by atoms with van der Waals surface area (Å²) in [5.41, 5.74) is 1.33. The Morgan fingerprint density at radius 1 is 1.00 bits per heavy atom. The van der Waals surface area contributed by atoms with E-state index in [-0.39, 0.29) is 44.4 Å². The van der Waals surface area contributed by atoms with Crippen LogP contribution in [-0.4, -0.2) is 101 Å². The summed E-state index contributed by atoms with van der Waals surface area (Å²) in [6, 6.07) is 5.85. The van der Waals surface area contributed by atoms with Gasteiger partial charge < -0.3 is 49.8 Å². The van der Waals surface area contributed by atoms with Crippen molar-refractivity contribution in [3.8, 4) is 11.5 Å². The average Bonchev–Trinajstić information content (AvgIpc) is 3.53. The van der Waals surface area contributed by atoms with Gasteiger partial charge in [0, 0.05) is 93.0 Å². The lowest BCUT2D eigenvalue weighted by molar-refractivity contribution is -0.160. The Balaban J connectivity index is 1.44. The highest BCUT2D eigenvalue weighted by atomic mass is 32.1. The molecule has 1 amide bonds. The fraction of sp³-hybridized carbons (Fsp3) is 0.468. The van der Waals surface area contributed by atoms with E-state index in [4.69, 9.17) is 23.9 Å². The number of ether oxygens (including phenoxy) is 4. The number of amides is 1. The summed E-state index contributed by atoms with van der Waals surface area (Å²) < 4.78 is 25.0. The number of rotatable bonds is 3. The van der Waals surface area contributed by atoms with Crippen LogP contribution in [0.4, 0.5) is 11.4 Å². The molecule has 15 nitrogen and oxygen atoms in total. The maximum Gasteiger partial charge on any atom is 0.312 e. The van der Waals surface area contributed by atoms with Gasteiger partial charge in [-0.15, -0.1) is 11.3 Å². The number of Topliss-reactive ketones (excluding diaryl/α,β-unsaturated/α-hetero) is 1. The van der Waals surface area contributed by atoms with Crippen molar-refractivity contribution in [2.75, 3.05) is 43.5 Å². The molecule has 9 atom stereocenters. The lowest BCUT2D eigenvalue weighted by atomic mass is 9.78. The number of carbonyl (C=O) groups excluding carboxylic acids is 3. The van der Waals surface area contributed by atoms with Gasteiger partial charge in [0.15, 0.2) is 11.2 Å². The molecule has 4 heterocycles. The van der Waals surface area contributed by atoms with Crippen molar-refractivity contribution in [1.29, 1.82) is 0 Å². The Kier molecular flexibility index (Phi) is 13.0. The number of aliphatic hydroxyl groups excluding tert-OH is 2. The van der Waals surface area contributed by atoms with Crippen LogP contribution in [0.5, 0.6) is 11.5 Å². The van der Waals surface area contributed by atoms with Gasteiger partial charge in [-0.25, -0.2) is 4.98 Å². The number of esters is 1. The first-order chi connectivity index (χ1) is 29.9. The number of fused-ring (bicyclic) bond motifs is 2. The molecule has 1 fully saturated rings. The number of aliphatic hydroxyl groups is 2. The van der Waals surface area contributed by atoms with Crippen LogP contribution in [0.15, 0.2) is 59.1 Å². The Labute approximate surface area is 369 Å². The minimum Gasteiger partial charge on any atom is -0.505 e. The highest BCUT2D eigenvalue weighted by Gasteiger charge is 2.49. The van der Waals surface area contributed by atoms with E-state index in [0.717, 1.165) is 36.6 Å². The summed E-state index contributed by atoms with van der Waals surface area (Å²) in [5, 5.41) is 41.2. The standard InChI is InChI=1S/C47H56N4O11S/c1-22-11-10-12-23(2)46(58)50-37-41(56)34-33(36-44(37)63-32-21-29(13-14-30(32)49-36)51-18-16-48-17-19-51)35-43(27(6)40(34)55)62-47(8,45(35)57)60-20-15-31(59-9)24(3)42(61-28(7)52)26(5)39(54)25(4)38(22)53/h10-15,20-22,24-26,31,38-39,42,48,53-54,56H,16-19H2,1-9H3,(H,50,58)/b11-10-,20-15?,23-12-/t22-,24+,25+,26+,31-,38-,39+,42+,47-/m0/s1. The molecule has 0 saturated carbocycles. The molecular formula is C47H56N4O11S. The molecule has 3 aliphatic heterocycles. The second-order valence-electron chi connectivity index (χ2n) is 17.1. The first-order valence-electron chi connectivity index (χ1n) is 21.2. The number of phenols is 1. The number of carbonyl (C=O) groups is 3. The van der Waals surface area contributed by atoms with Gasteiger partial charge in [0.2, 0.25) is 0 Å². The van der Waals surface area contributed by atoms with E-state index < -0.39 is 82.7 Å². The van der Waals surface area contributed by atoms with Crippen molar-refractivity contribution >= 4 is 71.6 Å². The number of aromatic nitrogens is 1. The number of phenolic OH excluding ortho intramolecular Hbond substituents is 1. The quantitative estimate of drug-likeness (QED) is 0.0706. The van der Waals surface area contributed by atoms with E-state index in [1.54, 1.807) is 52.8 Å². The van der Waals surface area contributed by atoms with Crippen LogP contribution in [0.2, 0.25) is 0 Å². The van der Waals surface area contributed by atoms with Crippen molar-refractivity contribution in [3.05, 3.63) is 75.7 Å². The third-order valence-corrected chi connectivity index (χ3v) is 13.9. The number of piperazine rings is 1. The van der Waals surface area contributed by atoms with Gasteiger partial charge in [-0.05, 0) is 38.1 Å². The van der Waals surface area contributed by atoms with Gasteiger partial charge in [-0.3, -0.25) is 19.2 Å². The van der Waals surface area contributed by atoms with Crippen molar-refractivity contribution < 1.29 is 48.7 Å². The van der Waals surface area contributed by atoms with E-state index in [0.29, 0.717) is 10.2 Å². The number of ketones is 1. The van der Waals surface area contributed by atoms with Gasteiger partial charge in [-0.2, -0.15) is 0 Å². The monoisotopic (exact) mass is 884 g/mol. The van der Waals surface area contributed by atoms with Gasteiger partial charge >= 0.3 is 11.8 Å². The van der Waals surface area contributed by atoms with E-state index >= 15 is 0 Å².